The Hall–Kier alpha value is -1.70. The zero-order valence-corrected chi connectivity index (χ0v) is 14.1. The van der Waals surface area contributed by atoms with Gasteiger partial charge in [0.1, 0.15) is 0 Å². The van der Waals surface area contributed by atoms with Crippen molar-refractivity contribution >= 4 is 21.7 Å². The van der Waals surface area contributed by atoms with Crippen LogP contribution in [0.2, 0.25) is 0 Å². The molecule has 0 spiro atoms. The molecule has 1 aromatic heterocycles. The van der Waals surface area contributed by atoms with Gasteiger partial charge in [0.05, 0.1) is 17.4 Å². The number of hydrogen-bond acceptors (Lipinski definition) is 6. The van der Waals surface area contributed by atoms with Crippen LogP contribution in [0.15, 0.2) is 18.5 Å². The number of carbonyl (C=O) groups is 1. The Morgan fingerprint density at radius 2 is 2.04 bits per heavy atom. The van der Waals surface area contributed by atoms with Crippen LogP contribution in [0, 0.1) is 5.92 Å². The molecular formula is C15H22N4O3S. The molecule has 0 radical (unpaired) electrons. The quantitative estimate of drug-likeness (QED) is 0.790. The standard InChI is InChI=1S/C15H22N4O3S/c1-18(13-5-9-23(21,22)11-13)14(20)12-4-2-8-19(10-12)15-16-6-3-7-17-15/h3,6-7,12-13H,2,4-5,8-11H2,1H3. The predicted octanol–water partition coefficient (Wildman–Crippen LogP) is 0.338. The first-order valence-electron chi connectivity index (χ1n) is 7.95. The highest BCUT2D eigenvalue weighted by molar-refractivity contribution is 7.91. The topological polar surface area (TPSA) is 83.5 Å². The van der Waals surface area contributed by atoms with Crippen LogP contribution in [0.25, 0.3) is 0 Å². The highest BCUT2D eigenvalue weighted by Crippen LogP contribution is 2.24. The zero-order valence-electron chi connectivity index (χ0n) is 13.3. The molecule has 2 aliphatic heterocycles. The van der Waals surface area contributed by atoms with Crippen molar-refractivity contribution in [3.63, 3.8) is 0 Å². The summed E-state index contributed by atoms with van der Waals surface area (Å²) < 4.78 is 23.2. The summed E-state index contributed by atoms with van der Waals surface area (Å²) in [5, 5.41) is 0. The van der Waals surface area contributed by atoms with Crippen LogP contribution in [0.1, 0.15) is 19.3 Å². The largest absolute Gasteiger partial charge is 0.341 e. The number of hydrogen-bond donors (Lipinski definition) is 0. The third-order valence-electron chi connectivity index (χ3n) is 4.71. The van der Waals surface area contributed by atoms with Crippen LogP contribution in [0.4, 0.5) is 5.95 Å². The van der Waals surface area contributed by atoms with Gasteiger partial charge in [-0.1, -0.05) is 0 Å². The number of piperidine rings is 1. The minimum atomic E-state index is -2.98. The summed E-state index contributed by atoms with van der Waals surface area (Å²) in [5.41, 5.74) is 0. The van der Waals surface area contributed by atoms with E-state index < -0.39 is 9.84 Å². The van der Waals surface area contributed by atoms with Crippen molar-refractivity contribution in [2.45, 2.75) is 25.3 Å². The van der Waals surface area contributed by atoms with E-state index in [1.54, 1.807) is 30.4 Å². The molecule has 0 aliphatic carbocycles. The molecule has 0 N–H and O–H groups in total. The summed E-state index contributed by atoms with van der Waals surface area (Å²) in [6.45, 7) is 1.43. The van der Waals surface area contributed by atoms with Gasteiger partial charge in [-0.15, -0.1) is 0 Å². The van der Waals surface area contributed by atoms with Gasteiger partial charge in [0.15, 0.2) is 9.84 Å². The molecule has 1 aromatic rings. The van der Waals surface area contributed by atoms with Crippen molar-refractivity contribution in [3.8, 4) is 0 Å². The Morgan fingerprint density at radius 3 is 2.70 bits per heavy atom. The van der Waals surface area contributed by atoms with E-state index in [0.29, 0.717) is 18.9 Å². The average Bonchev–Trinajstić information content (AvgIpc) is 2.94. The molecule has 2 atom stereocenters. The van der Waals surface area contributed by atoms with Crippen LogP contribution in [-0.2, 0) is 14.6 Å². The van der Waals surface area contributed by atoms with Crippen molar-refractivity contribution in [2.75, 3.05) is 36.5 Å². The first-order chi connectivity index (χ1) is 11.0. The summed E-state index contributed by atoms with van der Waals surface area (Å²) in [6, 6.07) is 1.58. The fraction of sp³-hybridized carbons (Fsp3) is 0.667. The Balaban J connectivity index is 1.65. The van der Waals surface area contributed by atoms with E-state index in [2.05, 4.69) is 9.97 Å². The zero-order chi connectivity index (χ0) is 16.4. The first-order valence-corrected chi connectivity index (χ1v) is 9.77. The lowest BCUT2D eigenvalue weighted by atomic mass is 9.96. The lowest BCUT2D eigenvalue weighted by Gasteiger charge is -2.35. The number of sulfone groups is 1. The summed E-state index contributed by atoms with van der Waals surface area (Å²) >= 11 is 0. The van der Waals surface area contributed by atoms with Gasteiger partial charge in [-0.2, -0.15) is 0 Å². The Morgan fingerprint density at radius 1 is 1.30 bits per heavy atom. The van der Waals surface area contributed by atoms with Gasteiger partial charge in [-0.3, -0.25) is 4.79 Å². The van der Waals surface area contributed by atoms with Crippen molar-refractivity contribution in [1.82, 2.24) is 14.9 Å². The first kappa shape index (κ1) is 16.2. The second-order valence-corrected chi connectivity index (χ2v) is 8.57. The molecule has 2 fully saturated rings. The van der Waals surface area contributed by atoms with Gasteiger partial charge in [0, 0.05) is 38.6 Å². The number of carbonyl (C=O) groups excluding carboxylic acids is 1. The summed E-state index contributed by atoms with van der Waals surface area (Å²) in [4.78, 5) is 24.9. The molecule has 0 saturated carbocycles. The predicted molar refractivity (Wildman–Crippen MR) is 86.8 cm³/mol. The minimum absolute atomic E-state index is 0.0349. The van der Waals surface area contributed by atoms with Crippen molar-refractivity contribution < 1.29 is 13.2 Å². The third-order valence-corrected chi connectivity index (χ3v) is 6.46. The number of amides is 1. The lowest BCUT2D eigenvalue weighted by molar-refractivity contribution is -0.136. The highest BCUT2D eigenvalue weighted by atomic mass is 32.2. The average molecular weight is 338 g/mol. The SMILES string of the molecule is CN(C(=O)C1CCCN(c2ncccn2)C1)C1CCS(=O)(=O)C1. The van der Waals surface area contributed by atoms with Crippen LogP contribution >= 0.6 is 0 Å². The van der Waals surface area contributed by atoms with E-state index in [9.17, 15) is 13.2 Å². The number of rotatable bonds is 3. The van der Waals surface area contributed by atoms with Crippen molar-refractivity contribution in [2.24, 2.45) is 5.92 Å². The number of anilines is 1. The fourth-order valence-electron chi connectivity index (χ4n) is 3.36. The lowest BCUT2D eigenvalue weighted by Crippen LogP contribution is -2.47. The van der Waals surface area contributed by atoms with Crippen LogP contribution in [0.3, 0.4) is 0 Å². The summed E-state index contributed by atoms with van der Waals surface area (Å²) in [7, 11) is -1.25. The van der Waals surface area contributed by atoms with Crippen LogP contribution in [-0.4, -0.2) is 66.9 Å². The Bertz CT molecular complexity index is 665. The molecule has 2 aliphatic rings. The van der Waals surface area contributed by atoms with E-state index >= 15 is 0 Å². The summed E-state index contributed by atoms with van der Waals surface area (Å²) in [5.74, 6) is 0.835. The van der Waals surface area contributed by atoms with E-state index in [1.807, 2.05) is 4.90 Å². The normalized spacial score (nSPS) is 26.9. The molecule has 7 nitrogen and oxygen atoms in total. The molecule has 0 aromatic carbocycles. The van der Waals surface area contributed by atoms with Gasteiger partial charge in [-0.25, -0.2) is 18.4 Å². The molecular weight excluding hydrogens is 316 g/mol. The molecule has 1 amide bonds. The molecule has 3 rings (SSSR count). The monoisotopic (exact) mass is 338 g/mol. The van der Waals surface area contributed by atoms with Gasteiger partial charge in [0.2, 0.25) is 11.9 Å². The van der Waals surface area contributed by atoms with Crippen molar-refractivity contribution in [3.05, 3.63) is 18.5 Å². The van der Waals surface area contributed by atoms with Crippen LogP contribution < -0.4 is 4.90 Å². The Labute approximate surface area is 136 Å². The Kier molecular flexibility index (Phi) is 4.52. The van der Waals surface area contributed by atoms with Crippen molar-refractivity contribution in [1.29, 1.82) is 0 Å². The molecule has 3 heterocycles. The maximum absolute atomic E-state index is 12.7. The second-order valence-electron chi connectivity index (χ2n) is 6.34. The second kappa shape index (κ2) is 6.43. The molecule has 126 valence electrons. The van der Waals surface area contributed by atoms with Gasteiger partial charge in [-0.05, 0) is 25.3 Å². The van der Waals surface area contributed by atoms with Crippen LogP contribution in [0.5, 0.6) is 0 Å². The maximum atomic E-state index is 12.7. The van der Waals surface area contributed by atoms with Gasteiger partial charge < -0.3 is 9.80 Å². The smallest absolute Gasteiger partial charge is 0.227 e. The molecule has 0 bridgehead atoms. The highest BCUT2D eigenvalue weighted by Gasteiger charge is 2.36. The number of aromatic nitrogens is 2. The molecule has 2 unspecified atom stereocenters. The number of nitrogens with zero attached hydrogens (tertiary/aromatic N) is 4. The van der Waals surface area contributed by atoms with E-state index in [1.165, 1.54) is 0 Å². The van der Waals surface area contributed by atoms with Gasteiger partial charge in [0.25, 0.3) is 0 Å². The van der Waals surface area contributed by atoms with Gasteiger partial charge >= 0.3 is 0 Å². The van der Waals surface area contributed by atoms with E-state index in [-0.39, 0.29) is 29.4 Å². The van der Waals surface area contributed by atoms with E-state index in [0.717, 1.165) is 19.4 Å². The van der Waals surface area contributed by atoms with E-state index in [4.69, 9.17) is 0 Å². The summed E-state index contributed by atoms with van der Waals surface area (Å²) in [6.07, 6.45) is 5.67. The minimum Gasteiger partial charge on any atom is -0.341 e. The molecule has 2 saturated heterocycles. The molecule has 23 heavy (non-hydrogen) atoms. The molecule has 8 heteroatoms. The maximum Gasteiger partial charge on any atom is 0.227 e. The fourth-order valence-corrected chi connectivity index (χ4v) is 5.14. The third kappa shape index (κ3) is 3.63.